The van der Waals surface area contributed by atoms with Crippen LogP contribution < -0.4 is 10.1 Å². The lowest BCUT2D eigenvalue weighted by molar-refractivity contribution is -0.0689. The maximum atomic E-state index is 5.65. The van der Waals surface area contributed by atoms with Gasteiger partial charge in [0.25, 0.3) is 0 Å². The molecule has 2 aliphatic heterocycles. The lowest BCUT2D eigenvalue weighted by Gasteiger charge is -2.46. The highest BCUT2D eigenvalue weighted by Gasteiger charge is 2.34. The molecule has 1 aromatic heterocycles. The van der Waals surface area contributed by atoms with Gasteiger partial charge in [-0.3, -0.25) is 4.90 Å². The molecule has 2 bridgehead atoms. The van der Waals surface area contributed by atoms with Gasteiger partial charge >= 0.3 is 0 Å². The van der Waals surface area contributed by atoms with Crippen molar-refractivity contribution in [2.45, 2.75) is 38.6 Å². The maximum absolute atomic E-state index is 5.65. The van der Waals surface area contributed by atoms with E-state index >= 15 is 0 Å². The van der Waals surface area contributed by atoms with Crippen molar-refractivity contribution in [3.63, 3.8) is 0 Å². The third-order valence-electron chi connectivity index (χ3n) is 3.84. The zero-order valence-electron chi connectivity index (χ0n) is 12.2. The van der Waals surface area contributed by atoms with Crippen molar-refractivity contribution in [3.05, 3.63) is 23.9 Å². The molecule has 110 valence electrons. The van der Waals surface area contributed by atoms with Crippen LogP contribution in [0.15, 0.2) is 18.3 Å². The van der Waals surface area contributed by atoms with E-state index in [4.69, 9.17) is 9.47 Å². The van der Waals surface area contributed by atoms with Gasteiger partial charge in [-0.05, 0) is 19.4 Å². The summed E-state index contributed by atoms with van der Waals surface area (Å²) in [5, 5.41) is 3.48. The Morgan fingerprint density at radius 2 is 2.10 bits per heavy atom. The zero-order chi connectivity index (χ0) is 13.9. The van der Waals surface area contributed by atoms with Crippen LogP contribution in [-0.2, 0) is 11.3 Å². The molecule has 0 aromatic carbocycles. The van der Waals surface area contributed by atoms with Crippen molar-refractivity contribution in [2.75, 3.05) is 26.3 Å². The quantitative estimate of drug-likeness (QED) is 0.891. The summed E-state index contributed by atoms with van der Waals surface area (Å²) in [7, 11) is 0. The molecule has 5 heteroatoms. The van der Waals surface area contributed by atoms with Crippen LogP contribution in [0.3, 0.4) is 0 Å². The lowest BCUT2D eigenvalue weighted by Crippen LogP contribution is -2.63. The third kappa shape index (κ3) is 3.11. The molecule has 0 unspecified atom stereocenters. The minimum absolute atomic E-state index is 0.165. The van der Waals surface area contributed by atoms with E-state index in [1.165, 1.54) is 5.56 Å². The van der Waals surface area contributed by atoms with Gasteiger partial charge in [0, 0.05) is 44.0 Å². The Kier molecular flexibility index (Phi) is 4.19. The summed E-state index contributed by atoms with van der Waals surface area (Å²) in [5.41, 5.74) is 1.24. The Morgan fingerprint density at radius 3 is 2.70 bits per heavy atom. The first-order valence-corrected chi connectivity index (χ1v) is 7.38. The van der Waals surface area contributed by atoms with Gasteiger partial charge < -0.3 is 14.8 Å². The van der Waals surface area contributed by atoms with Crippen LogP contribution in [0.4, 0.5) is 0 Å². The summed E-state index contributed by atoms with van der Waals surface area (Å²) in [6, 6.07) is 5.04. The molecule has 20 heavy (non-hydrogen) atoms. The molecular weight excluding hydrogens is 254 g/mol. The normalized spacial score (nSPS) is 26.8. The molecule has 1 aromatic rings. The third-order valence-corrected chi connectivity index (χ3v) is 3.84. The molecule has 3 heterocycles. The molecule has 2 aliphatic rings. The lowest BCUT2D eigenvalue weighted by atomic mass is 10.1. The fraction of sp³-hybridized carbons (Fsp3) is 0.667. The van der Waals surface area contributed by atoms with Crippen LogP contribution in [0.1, 0.15) is 19.4 Å². The SMILES string of the molecule is CC(C)Oc1ccc(CN2[C@@H]3CNC[C@H]2COC3)cn1. The number of piperazine rings is 1. The summed E-state index contributed by atoms with van der Waals surface area (Å²) >= 11 is 0. The number of nitrogens with zero attached hydrogens (tertiary/aromatic N) is 2. The van der Waals surface area contributed by atoms with Crippen molar-refractivity contribution in [1.82, 2.24) is 15.2 Å². The van der Waals surface area contributed by atoms with Gasteiger partial charge in [0.2, 0.25) is 5.88 Å². The highest BCUT2D eigenvalue weighted by atomic mass is 16.5. The van der Waals surface area contributed by atoms with Gasteiger partial charge in [0.15, 0.2) is 0 Å². The van der Waals surface area contributed by atoms with E-state index < -0.39 is 0 Å². The molecule has 5 nitrogen and oxygen atoms in total. The van der Waals surface area contributed by atoms with E-state index in [9.17, 15) is 0 Å². The first-order chi connectivity index (χ1) is 9.72. The summed E-state index contributed by atoms with van der Waals surface area (Å²) in [4.78, 5) is 6.92. The van der Waals surface area contributed by atoms with E-state index in [0.717, 1.165) is 32.8 Å². The van der Waals surface area contributed by atoms with Crippen LogP contribution >= 0.6 is 0 Å². The fourth-order valence-electron chi connectivity index (χ4n) is 2.88. The van der Waals surface area contributed by atoms with Gasteiger partial charge in [-0.25, -0.2) is 4.98 Å². The van der Waals surface area contributed by atoms with Gasteiger partial charge in [-0.1, -0.05) is 6.07 Å². The molecule has 1 N–H and O–H groups in total. The number of ether oxygens (including phenoxy) is 2. The van der Waals surface area contributed by atoms with Crippen LogP contribution in [0.5, 0.6) is 5.88 Å². The van der Waals surface area contributed by atoms with Crippen molar-refractivity contribution < 1.29 is 9.47 Å². The molecular formula is C15H23N3O2. The van der Waals surface area contributed by atoms with Gasteiger partial charge in [-0.15, -0.1) is 0 Å². The number of nitrogens with one attached hydrogen (secondary N) is 1. The molecule has 2 fully saturated rings. The average Bonchev–Trinajstić information content (AvgIpc) is 2.40. The van der Waals surface area contributed by atoms with E-state index in [2.05, 4.69) is 21.3 Å². The molecule has 3 rings (SSSR count). The van der Waals surface area contributed by atoms with Crippen LogP contribution in [0.25, 0.3) is 0 Å². The number of morpholine rings is 1. The molecule has 2 saturated heterocycles. The molecule has 0 aliphatic carbocycles. The number of pyridine rings is 1. The number of fused-ring (bicyclic) bond motifs is 2. The molecule has 0 spiro atoms. The summed E-state index contributed by atoms with van der Waals surface area (Å²) in [6.07, 6.45) is 2.09. The van der Waals surface area contributed by atoms with Gasteiger partial charge in [0.05, 0.1) is 19.3 Å². The Labute approximate surface area is 120 Å². The fourth-order valence-corrected chi connectivity index (χ4v) is 2.88. The van der Waals surface area contributed by atoms with Crippen LogP contribution in [-0.4, -0.2) is 54.4 Å². The average molecular weight is 277 g/mol. The number of hydrogen-bond donors (Lipinski definition) is 1. The van der Waals surface area contributed by atoms with Crippen molar-refractivity contribution in [1.29, 1.82) is 0 Å². The molecule has 2 atom stereocenters. The molecule has 0 radical (unpaired) electrons. The minimum atomic E-state index is 0.165. The zero-order valence-corrected chi connectivity index (χ0v) is 12.2. The highest BCUT2D eigenvalue weighted by Crippen LogP contribution is 2.20. The van der Waals surface area contributed by atoms with Crippen LogP contribution in [0.2, 0.25) is 0 Å². The number of aromatic nitrogens is 1. The molecule has 0 saturated carbocycles. The van der Waals surface area contributed by atoms with E-state index in [0.29, 0.717) is 18.0 Å². The van der Waals surface area contributed by atoms with Crippen molar-refractivity contribution >= 4 is 0 Å². The number of hydrogen-bond acceptors (Lipinski definition) is 5. The summed E-state index contributed by atoms with van der Waals surface area (Å²) < 4.78 is 11.2. The second-order valence-electron chi connectivity index (χ2n) is 5.85. The largest absolute Gasteiger partial charge is 0.475 e. The predicted molar refractivity (Wildman–Crippen MR) is 76.8 cm³/mol. The maximum Gasteiger partial charge on any atom is 0.213 e. The van der Waals surface area contributed by atoms with Crippen molar-refractivity contribution in [2.24, 2.45) is 0 Å². The van der Waals surface area contributed by atoms with Gasteiger partial charge in [-0.2, -0.15) is 0 Å². The number of rotatable bonds is 4. The second kappa shape index (κ2) is 6.08. The standard InChI is InChI=1S/C15H23N3O2/c1-11(2)20-15-4-3-12(5-17-15)8-18-13-6-16-7-14(18)10-19-9-13/h3-5,11,13-14,16H,6-10H2,1-2H3/t13-,14+. The Bertz CT molecular complexity index is 413. The predicted octanol–water partition coefficient (Wildman–Crippen LogP) is 1.04. The second-order valence-corrected chi connectivity index (χ2v) is 5.85. The van der Waals surface area contributed by atoms with Crippen LogP contribution in [0, 0.1) is 0 Å². The Morgan fingerprint density at radius 1 is 1.35 bits per heavy atom. The smallest absolute Gasteiger partial charge is 0.213 e. The van der Waals surface area contributed by atoms with E-state index in [1.54, 1.807) is 0 Å². The summed E-state index contributed by atoms with van der Waals surface area (Å²) in [6.45, 7) is 8.64. The summed E-state index contributed by atoms with van der Waals surface area (Å²) in [5.74, 6) is 0.701. The molecule has 0 amide bonds. The topological polar surface area (TPSA) is 46.6 Å². The minimum Gasteiger partial charge on any atom is -0.475 e. The first kappa shape index (κ1) is 13.8. The van der Waals surface area contributed by atoms with E-state index in [1.807, 2.05) is 26.1 Å². The first-order valence-electron chi connectivity index (χ1n) is 7.38. The Balaban J connectivity index is 1.65. The van der Waals surface area contributed by atoms with Gasteiger partial charge in [0.1, 0.15) is 0 Å². The van der Waals surface area contributed by atoms with Crippen molar-refractivity contribution in [3.8, 4) is 5.88 Å². The monoisotopic (exact) mass is 277 g/mol. The van der Waals surface area contributed by atoms with E-state index in [-0.39, 0.29) is 6.10 Å². The Hall–Kier alpha value is -1.17. The highest BCUT2D eigenvalue weighted by molar-refractivity contribution is 5.18.